The number of para-hydroxylation sites is 1. The van der Waals surface area contributed by atoms with Crippen LogP contribution in [0.25, 0.3) is 0 Å². The van der Waals surface area contributed by atoms with E-state index in [1.165, 1.54) is 4.31 Å². The quantitative estimate of drug-likeness (QED) is 0.663. The Labute approximate surface area is 185 Å². The van der Waals surface area contributed by atoms with Crippen LogP contribution in [0.15, 0.2) is 59.5 Å². The lowest BCUT2D eigenvalue weighted by atomic mass is 9.86. The molecule has 1 heterocycles. The molecule has 3 rings (SSSR count). The molecule has 1 saturated heterocycles. The molecule has 0 aromatic heterocycles. The lowest BCUT2D eigenvalue weighted by Gasteiger charge is -2.31. The molecule has 0 saturated carbocycles. The van der Waals surface area contributed by atoms with Gasteiger partial charge in [0.25, 0.3) is 0 Å². The SMILES string of the molecule is CC(C)(C)c1ccccc1OCCNC(=O)[C@@H]1CCCN(S(=O)(=O)c2ccccc2)C1. The smallest absolute Gasteiger partial charge is 0.243 e. The Morgan fingerprint density at radius 1 is 1.10 bits per heavy atom. The number of sulfonamides is 1. The highest BCUT2D eigenvalue weighted by Crippen LogP contribution is 2.30. The predicted octanol–water partition coefficient (Wildman–Crippen LogP) is 3.58. The van der Waals surface area contributed by atoms with Gasteiger partial charge in [0.2, 0.25) is 15.9 Å². The molecule has 31 heavy (non-hydrogen) atoms. The van der Waals surface area contributed by atoms with Crippen LogP contribution in [0.1, 0.15) is 39.2 Å². The van der Waals surface area contributed by atoms with Crippen molar-refractivity contribution in [3.05, 3.63) is 60.2 Å². The van der Waals surface area contributed by atoms with Crippen molar-refractivity contribution in [2.24, 2.45) is 5.92 Å². The number of carbonyl (C=O) groups excluding carboxylic acids is 1. The van der Waals surface area contributed by atoms with Crippen molar-refractivity contribution >= 4 is 15.9 Å². The molecule has 1 aliphatic heterocycles. The average molecular weight is 445 g/mol. The number of piperidine rings is 1. The van der Waals surface area contributed by atoms with E-state index in [2.05, 4.69) is 32.2 Å². The Morgan fingerprint density at radius 2 is 1.77 bits per heavy atom. The fourth-order valence-electron chi connectivity index (χ4n) is 3.81. The summed E-state index contributed by atoms with van der Waals surface area (Å²) in [7, 11) is -3.58. The molecule has 1 aliphatic rings. The molecule has 168 valence electrons. The van der Waals surface area contributed by atoms with E-state index >= 15 is 0 Å². The van der Waals surface area contributed by atoms with Crippen LogP contribution >= 0.6 is 0 Å². The molecule has 0 bridgehead atoms. The monoisotopic (exact) mass is 444 g/mol. The van der Waals surface area contributed by atoms with Crippen LogP contribution in [-0.2, 0) is 20.2 Å². The van der Waals surface area contributed by atoms with Crippen LogP contribution in [0.2, 0.25) is 0 Å². The fraction of sp³-hybridized carbons (Fsp3) is 0.458. The minimum atomic E-state index is -3.58. The van der Waals surface area contributed by atoms with Crippen LogP contribution in [0, 0.1) is 5.92 Å². The first-order valence-corrected chi connectivity index (χ1v) is 12.2. The van der Waals surface area contributed by atoms with E-state index in [9.17, 15) is 13.2 Å². The summed E-state index contributed by atoms with van der Waals surface area (Å²) in [6.45, 7) is 7.78. The van der Waals surface area contributed by atoms with Gasteiger partial charge in [-0.1, -0.05) is 57.2 Å². The van der Waals surface area contributed by atoms with Gasteiger partial charge < -0.3 is 10.1 Å². The minimum absolute atomic E-state index is 0.0321. The van der Waals surface area contributed by atoms with Crippen molar-refractivity contribution in [1.82, 2.24) is 9.62 Å². The number of ether oxygens (including phenoxy) is 1. The van der Waals surface area contributed by atoms with Gasteiger partial charge in [0.15, 0.2) is 0 Å². The Hall–Kier alpha value is -2.38. The van der Waals surface area contributed by atoms with Crippen molar-refractivity contribution in [2.45, 2.75) is 43.9 Å². The molecule has 0 unspecified atom stereocenters. The summed E-state index contributed by atoms with van der Waals surface area (Å²) in [5.74, 6) is 0.344. The van der Waals surface area contributed by atoms with Crippen LogP contribution in [0.3, 0.4) is 0 Å². The summed E-state index contributed by atoms with van der Waals surface area (Å²) >= 11 is 0. The molecular formula is C24H32N2O4S. The van der Waals surface area contributed by atoms with Gasteiger partial charge in [0, 0.05) is 13.1 Å². The van der Waals surface area contributed by atoms with Gasteiger partial charge in [-0.15, -0.1) is 0 Å². The maximum Gasteiger partial charge on any atom is 0.243 e. The standard InChI is InChI=1S/C24H32N2O4S/c1-24(2,3)21-13-7-8-14-22(21)30-17-15-25-23(27)19-10-9-16-26(18-19)31(28,29)20-11-5-4-6-12-20/h4-8,11-14,19H,9-10,15-18H2,1-3H3,(H,25,27)/t19-/m1/s1. The molecule has 7 heteroatoms. The zero-order valence-corrected chi connectivity index (χ0v) is 19.3. The average Bonchev–Trinajstić information content (AvgIpc) is 2.77. The van der Waals surface area contributed by atoms with E-state index in [1.807, 2.05) is 18.2 Å². The van der Waals surface area contributed by atoms with Gasteiger partial charge >= 0.3 is 0 Å². The predicted molar refractivity (Wildman–Crippen MR) is 122 cm³/mol. The number of hydrogen-bond donors (Lipinski definition) is 1. The first kappa shape index (κ1) is 23.3. The lowest BCUT2D eigenvalue weighted by molar-refractivity contribution is -0.126. The molecule has 0 spiro atoms. The summed E-state index contributed by atoms with van der Waals surface area (Å²) in [6.07, 6.45) is 1.35. The zero-order valence-electron chi connectivity index (χ0n) is 18.5. The summed E-state index contributed by atoms with van der Waals surface area (Å²) in [4.78, 5) is 12.9. The van der Waals surface area contributed by atoms with Gasteiger partial charge in [-0.2, -0.15) is 4.31 Å². The first-order valence-electron chi connectivity index (χ1n) is 10.7. The molecule has 1 fully saturated rings. The van der Waals surface area contributed by atoms with Gasteiger partial charge in [-0.3, -0.25) is 4.79 Å². The molecule has 1 amide bonds. The van der Waals surface area contributed by atoms with Crippen molar-refractivity contribution < 1.29 is 17.9 Å². The van der Waals surface area contributed by atoms with Crippen LogP contribution in [-0.4, -0.2) is 44.9 Å². The lowest BCUT2D eigenvalue weighted by Crippen LogP contribution is -2.46. The highest BCUT2D eigenvalue weighted by atomic mass is 32.2. The van der Waals surface area contributed by atoms with Gasteiger partial charge in [-0.05, 0) is 42.0 Å². The molecule has 1 atom stereocenters. The summed E-state index contributed by atoms with van der Waals surface area (Å²) in [5.41, 5.74) is 1.09. The van der Waals surface area contributed by atoms with E-state index in [0.29, 0.717) is 32.5 Å². The van der Waals surface area contributed by atoms with Crippen LogP contribution < -0.4 is 10.1 Å². The number of nitrogens with zero attached hydrogens (tertiary/aromatic N) is 1. The summed E-state index contributed by atoms with van der Waals surface area (Å²) in [6, 6.07) is 16.3. The van der Waals surface area contributed by atoms with Crippen LogP contribution in [0.4, 0.5) is 0 Å². The second-order valence-electron chi connectivity index (χ2n) is 8.90. The Morgan fingerprint density at radius 3 is 2.48 bits per heavy atom. The maximum atomic E-state index is 12.9. The van der Waals surface area contributed by atoms with E-state index in [4.69, 9.17) is 4.74 Å². The normalized spacial score (nSPS) is 17.8. The van der Waals surface area contributed by atoms with E-state index in [-0.39, 0.29) is 28.7 Å². The number of benzene rings is 2. The number of nitrogens with one attached hydrogen (secondary N) is 1. The second kappa shape index (κ2) is 9.83. The number of rotatable bonds is 7. The van der Waals surface area contributed by atoms with Crippen molar-refractivity contribution in [3.8, 4) is 5.75 Å². The summed E-state index contributed by atoms with van der Waals surface area (Å²) < 4.78 is 33.1. The second-order valence-corrected chi connectivity index (χ2v) is 10.8. The van der Waals surface area contributed by atoms with Gasteiger partial charge in [0.05, 0.1) is 17.4 Å². The van der Waals surface area contributed by atoms with E-state index < -0.39 is 10.0 Å². The third-order valence-electron chi connectivity index (χ3n) is 5.49. The molecule has 2 aromatic carbocycles. The highest BCUT2D eigenvalue weighted by Gasteiger charge is 2.33. The molecule has 0 radical (unpaired) electrons. The molecular weight excluding hydrogens is 412 g/mol. The largest absolute Gasteiger partial charge is 0.491 e. The number of hydrogen-bond acceptors (Lipinski definition) is 4. The first-order chi connectivity index (χ1) is 14.7. The number of carbonyl (C=O) groups is 1. The Balaban J connectivity index is 1.52. The molecule has 0 aliphatic carbocycles. The topological polar surface area (TPSA) is 75.7 Å². The fourth-order valence-corrected chi connectivity index (χ4v) is 5.35. The Kier molecular flexibility index (Phi) is 7.38. The molecule has 1 N–H and O–H groups in total. The molecule has 2 aromatic rings. The minimum Gasteiger partial charge on any atom is -0.491 e. The van der Waals surface area contributed by atoms with Crippen molar-refractivity contribution in [1.29, 1.82) is 0 Å². The van der Waals surface area contributed by atoms with Crippen molar-refractivity contribution in [2.75, 3.05) is 26.2 Å². The van der Waals surface area contributed by atoms with E-state index in [1.54, 1.807) is 30.3 Å². The Bertz CT molecular complexity index is 984. The van der Waals surface area contributed by atoms with Gasteiger partial charge in [-0.25, -0.2) is 8.42 Å². The zero-order chi connectivity index (χ0) is 22.5. The van der Waals surface area contributed by atoms with Crippen molar-refractivity contribution in [3.63, 3.8) is 0 Å². The number of amides is 1. The van der Waals surface area contributed by atoms with Crippen LogP contribution in [0.5, 0.6) is 5.75 Å². The van der Waals surface area contributed by atoms with E-state index in [0.717, 1.165) is 11.3 Å². The highest BCUT2D eigenvalue weighted by molar-refractivity contribution is 7.89. The third-order valence-corrected chi connectivity index (χ3v) is 7.37. The molecule has 6 nitrogen and oxygen atoms in total. The van der Waals surface area contributed by atoms with Gasteiger partial charge in [0.1, 0.15) is 12.4 Å². The third kappa shape index (κ3) is 5.86. The summed E-state index contributed by atoms with van der Waals surface area (Å²) in [5, 5.41) is 2.91. The maximum absolute atomic E-state index is 12.9.